The highest BCUT2D eigenvalue weighted by atomic mass is 35.5. The Morgan fingerprint density at radius 1 is 1.05 bits per heavy atom. The summed E-state index contributed by atoms with van der Waals surface area (Å²) in [6.07, 6.45) is 1.62. The molecule has 0 radical (unpaired) electrons. The van der Waals surface area contributed by atoms with Crippen LogP contribution >= 0.6 is 23.2 Å². The molecule has 7 heteroatoms. The zero-order valence-electron chi connectivity index (χ0n) is 11.1. The second kappa shape index (κ2) is 5.12. The van der Waals surface area contributed by atoms with Gasteiger partial charge in [-0.15, -0.1) is 10.2 Å². The summed E-state index contributed by atoms with van der Waals surface area (Å²) in [6, 6.07) is 12.7. The fourth-order valence-corrected chi connectivity index (χ4v) is 2.66. The van der Waals surface area contributed by atoms with Crippen LogP contribution in [-0.4, -0.2) is 19.6 Å². The highest BCUT2D eigenvalue weighted by Crippen LogP contribution is 2.33. The molecule has 0 aliphatic heterocycles. The Bertz CT molecular complexity index is 999. The molecule has 0 aliphatic carbocycles. The molecule has 0 amide bonds. The van der Waals surface area contributed by atoms with Crippen molar-refractivity contribution in [3.63, 3.8) is 0 Å². The summed E-state index contributed by atoms with van der Waals surface area (Å²) in [7, 11) is 0. The molecule has 0 bridgehead atoms. The fraction of sp³-hybridized carbons (Fsp3) is 0. The van der Waals surface area contributed by atoms with Crippen LogP contribution in [0.2, 0.25) is 10.0 Å². The number of benzene rings is 2. The van der Waals surface area contributed by atoms with Gasteiger partial charge in [-0.25, -0.2) is 4.98 Å². The molecule has 0 saturated carbocycles. The molecule has 0 N–H and O–H groups in total. The van der Waals surface area contributed by atoms with Crippen LogP contribution in [0.4, 0.5) is 0 Å². The summed E-state index contributed by atoms with van der Waals surface area (Å²) >= 11 is 12.0. The van der Waals surface area contributed by atoms with Crippen LogP contribution in [0.3, 0.4) is 0 Å². The van der Waals surface area contributed by atoms with Crippen LogP contribution in [-0.2, 0) is 0 Å². The predicted molar refractivity (Wildman–Crippen MR) is 84.8 cm³/mol. The van der Waals surface area contributed by atoms with E-state index in [4.69, 9.17) is 27.9 Å². The molecule has 0 atom stereocenters. The van der Waals surface area contributed by atoms with Gasteiger partial charge >= 0.3 is 0 Å². The van der Waals surface area contributed by atoms with Crippen LogP contribution in [0, 0.1) is 0 Å². The maximum absolute atomic E-state index is 6.14. The van der Waals surface area contributed by atoms with Gasteiger partial charge in [0.25, 0.3) is 5.88 Å². The number of hydrogen-bond donors (Lipinski definition) is 0. The zero-order valence-corrected chi connectivity index (χ0v) is 12.6. The van der Waals surface area contributed by atoms with Gasteiger partial charge in [0.15, 0.2) is 0 Å². The predicted octanol–water partition coefficient (Wildman–Crippen LogP) is 4.38. The lowest BCUT2D eigenvalue weighted by molar-refractivity contribution is 0.467. The van der Waals surface area contributed by atoms with Gasteiger partial charge in [-0.1, -0.05) is 35.3 Å². The van der Waals surface area contributed by atoms with E-state index in [2.05, 4.69) is 15.2 Å². The highest BCUT2D eigenvalue weighted by Gasteiger charge is 2.13. The van der Waals surface area contributed by atoms with Crippen molar-refractivity contribution in [2.24, 2.45) is 0 Å². The molecule has 108 valence electrons. The lowest BCUT2D eigenvalue weighted by Gasteiger charge is -2.09. The zero-order chi connectivity index (χ0) is 15.1. The molecule has 22 heavy (non-hydrogen) atoms. The Morgan fingerprint density at radius 2 is 1.91 bits per heavy atom. The largest absolute Gasteiger partial charge is 0.434 e. The second-order valence-corrected chi connectivity index (χ2v) is 5.45. The molecule has 0 unspecified atom stereocenters. The van der Waals surface area contributed by atoms with Crippen LogP contribution in [0.1, 0.15) is 0 Å². The molecule has 2 heterocycles. The maximum Gasteiger partial charge on any atom is 0.266 e. The van der Waals surface area contributed by atoms with Gasteiger partial charge in [0.05, 0.1) is 16.1 Å². The minimum atomic E-state index is 0.334. The first-order chi connectivity index (χ1) is 10.7. The lowest BCUT2D eigenvalue weighted by atomic mass is 10.3. The number of halogens is 2. The normalized spacial score (nSPS) is 11.2. The van der Waals surface area contributed by atoms with Crippen molar-refractivity contribution in [2.75, 3.05) is 0 Å². The Balaban J connectivity index is 1.91. The molecular formula is C15H8Cl2N4O. The van der Waals surface area contributed by atoms with Crippen LogP contribution < -0.4 is 4.74 Å². The first kappa shape index (κ1) is 13.3. The number of nitrogens with zero attached hydrogens (tertiary/aromatic N) is 4. The van der Waals surface area contributed by atoms with E-state index < -0.39 is 0 Å². The van der Waals surface area contributed by atoms with E-state index in [1.54, 1.807) is 24.5 Å². The summed E-state index contributed by atoms with van der Waals surface area (Å²) in [4.78, 5) is 4.50. The van der Waals surface area contributed by atoms with Crippen LogP contribution in [0.5, 0.6) is 11.6 Å². The summed E-state index contributed by atoms with van der Waals surface area (Å²) in [5, 5.41) is 8.94. The smallest absolute Gasteiger partial charge is 0.266 e. The average molecular weight is 331 g/mol. The monoisotopic (exact) mass is 330 g/mol. The summed E-state index contributed by atoms with van der Waals surface area (Å²) in [5.41, 5.74) is 2.19. The van der Waals surface area contributed by atoms with Crippen molar-refractivity contribution in [1.82, 2.24) is 19.6 Å². The third-order valence-corrected chi connectivity index (χ3v) is 3.73. The molecule has 0 saturated heterocycles. The van der Waals surface area contributed by atoms with E-state index in [-0.39, 0.29) is 0 Å². The molecule has 5 nitrogen and oxygen atoms in total. The Morgan fingerprint density at radius 3 is 2.77 bits per heavy atom. The molecule has 2 aromatic carbocycles. The van der Waals surface area contributed by atoms with E-state index in [1.807, 2.05) is 28.7 Å². The van der Waals surface area contributed by atoms with Crippen molar-refractivity contribution in [3.05, 3.63) is 58.8 Å². The Hall–Kier alpha value is -2.37. The number of hydrogen-bond acceptors (Lipinski definition) is 4. The van der Waals surface area contributed by atoms with Crippen molar-refractivity contribution < 1.29 is 4.74 Å². The standard InChI is InChI=1S/C15H8Cl2N4O/c16-9-5-6-13(10(17)7-9)22-15-14-20-18-8-21(14)12-4-2-1-3-11(12)19-15/h1-8H. The number of ether oxygens (including phenoxy) is 1. The molecule has 0 fully saturated rings. The van der Waals surface area contributed by atoms with Gasteiger partial charge in [-0.3, -0.25) is 4.40 Å². The minimum absolute atomic E-state index is 0.334. The van der Waals surface area contributed by atoms with E-state index in [1.165, 1.54) is 0 Å². The quantitative estimate of drug-likeness (QED) is 0.547. The van der Waals surface area contributed by atoms with Crippen molar-refractivity contribution in [2.45, 2.75) is 0 Å². The minimum Gasteiger partial charge on any atom is -0.434 e. The summed E-state index contributed by atoms with van der Waals surface area (Å²) < 4.78 is 7.64. The lowest BCUT2D eigenvalue weighted by Crippen LogP contribution is -1.96. The summed E-state index contributed by atoms with van der Waals surface area (Å²) in [5.74, 6) is 0.791. The van der Waals surface area contributed by atoms with Crippen molar-refractivity contribution >= 4 is 39.9 Å². The molecule has 0 spiro atoms. The SMILES string of the molecule is Clc1ccc(Oc2nc3ccccc3n3cnnc23)c(Cl)c1. The van der Waals surface area contributed by atoms with Crippen molar-refractivity contribution in [3.8, 4) is 11.6 Å². The second-order valence-electron chi connectivity index (χ2n) is 4.61. The summed E-state index contributed by atoms with van der Waals surface area (Å²) in [6.45, 7) is 0. The van der Waals surface area contributed by atoms with E-state index >= 15 is 0 Å². The van der Waals surface area contributed by atoms with Crippen molar-refractivity contribution in [1.29, 1.82) is 0 Å². The van der Waals surface area contributed by atoms with Gasteiger partial charge in [0, 0.05) is 5.02 Å². The van der Waals surface area contributed by atoms with Gasteiger partial charge in [0.1, 0.15) is 12.1 Å². The first-order valence-electron chi connectivity index (χ1n) is 6.44. The van der Waals surface area contributed by atoms with Gasteiger partial charge in [-0.2, -0.15) is 0 Å². The number of aromatic nitrogens is 4. The van der Waals surface area contributed by atoms with Crippen LogP contribution in [0.15, 0.2) is 48.8 Å². The molecule has 2 aromatic heterocycles. The van der Waals surface area contributed by atoms with E-state index in [0.717, 1.165) is 11.0 Å². The third kappa shape index (κ3) is 2.15. The van der Waals surface area contributed by atoms with E-state index in [9.17, 15) is 0 Å². The van der Waals surface area contributed by atoms with Crippen LogP contribution in [0.25, 0.3) is 16.7 Å². The molecular weight excluding hydrogens is 323 g/mol. The maximum atomic E-state index is 6.14. The van der Waals surface area contributed by atoms with Gasteiger partial charge in [0.2, 0.25) is 5.65 Å². The fourth-order valence-electron chi connectivity index (χ4n) is 2.21. The Labute approximate surface area is 135 Å². The number of para-hydroxylation sites is 2. The third-order valence-electron chi connectivity index (χ3n) is 3.20. The average Bonchev–Trinajstić information content (AvgIpc) is 3.00. The molecule has 4 rings (SSSR count). The van der Waals surface area contributed by atoms with E-state index in [0.29, 0.717) is 27.3 Å². The molecule has 4 aromatic rings. The van der Waals surface area contributed by atoms with Gasteiger partial charge in [-0.05, 0) is 30.3 Å². The molecule has 0 aliphatic rings. The van der Waals surface area contributed by atoms with Gasteiger partial charge < -0.3 is 4.74 Å². The Kier molecular flexibility index (Phi) is 3.10. The highest BCUT2D eigenvalue weighted by molar-refractivity contribution is 6.35. The number of fused-ring (bicyclic) bond motifs is 3. The number of rotatable bonds is 2. The first-order valence-corrected chi connectivity index (χ1v) is 7.19. The topological polar surface area (TPSA) is 52.3 Å².